The van der Waals surface area contributed by atoms with Gasteiger partial charge in [-0.25, -0.2) is 0 Å². The number of hydrogen-bond acceptors (Lipinski definition) is 4. The van der Waals surface area contributed by atoms with E-state index in [1.165, 1.54) is 11.5 Å². The second-order valence-corrected chi connectivity index (χ2v) is 5.41. The number of rotatable bonds is 4. The molecule has 0 aliphatic heterocycles. The summed E-state index contributed by atoms with van der Waals surface area (Å²) in [6.07, 6.45) is 0. The van der Waals surface area contributed by atoms with Crippen molar-refractivity contribution >= 4 is 28.0 Å². The number of para-hydroxylation sites is 1. The average molecular weight is 297 g/mol. The van der Waals surface area contributed by atoms with E-state index in [9.17, 15) is 0 Å². The van der Waals surface area contributed by atoms with Crippen LogP contribution in [0.25, 0.3) is 11.0 Å². The molecular formula is C15H15N5S. The summed E-state index contributed by atoms with van der Waals surface area (Å²) in [5.74, 6) is 0. The lowest BCUT2D eigenvalue weighted by Gasteiger charge is -2.14. The molecule has 0 atom stereocenters. The van der Waals surface area contributed by atoms with Gasteiger partial charge in [-0.3, -0.25) is 0 Å². The van der Waals surface area contributed by atoms with Crippen LogP contribution < -0.4 is 9.70 Å². The maximum atomic E-state index is 4.49. The summed E-state index contributed by atoms with van der Waals surface area (Å²) in [5.41, 5.74) is 2.95. The third-order valence-corrected chi connectivity index (χ3v) is 3.53. The summed E-state index contributed by atoms with van der Waals surface area (Å²) in [5, 5.41) is 9.51. The minimum absolute atomic E-state index is 0.636. The summed E-state index contributed by atoms with van der Waals surface area (Å²) in [4.78, 5) is 3.65. The highest BCUT2D eigenvalue weighted by molar-refractivity contribution is 7.09. The molecule has 3 rings (SSSR count). The van der Waals surface area contributed by atoms with Crippen LogP contribution in [0.3, 0.4) is 0 Å². The molecule has 0 aliphatic rings. The van der Waals surface area contributed by atoms with E-state index in [2.05, 4.69) is 19.8 Å². The van der Waals surface area contributed by atoms with Gasteiger partial charge < -0.3 is 10.2 Å². The molecule has 0 amide bonds. The van der Waals surface area contributed by atoms with Crippen LogP contribution in [0.4, 0.5) is 16.5 Å². The smallest absolute Gasteiger partial charge is 0.247 e. The van der Waals surface area contributed by atoms with Crippen LogP contribution in [0.1, 0.15) is 0 Å². The van der Waals surface area contributed by atoms with Gasteiger partial charge in [-0.1, -0.05) is 30.3 Å². The van der Waals surface area contributed by atoms with E-state index in [0.29, 0.717) is 5.13 Å². The third-order valence-electron chi connectivity index (χ3n) is 2.96. The van der Waals surface area contributed by atoms with Gasteiger partial charge in [-0.15, -0.1) is 0 Å². The summed E-state index contributed by atoms with van der Waals surface area (Å²) >= 11 is 1.27. The van der Waals surface area contributed by atoms with Crippen molar-refractivity contribution in [2.24, 2.45) is 0 Å². The first-order chi connectivity index (χ1) is 10.2. The number of nitrogens with zero attached hydrogens (tertiary/aromatic N) is 5. The zero-order valence-corrected chi connectivity index (χ0v) is 12.7. The Hall–Kier alpha value is -2.47. The molecule has 0 spiro atoms. The molecule has 0 fully saturated rings. The van der Waals surface area contributed by atoms with Gasteiger partial charge in [0.25, 0.3) is 0 Å². The van der Waals surface area contributed by atoms with Crippen molar-refractivity contribution in [3.63, 3.8) is 0 Å². The zero-order valence-electron chi connectivity index (χ0n) is 11.8. The van der Waals surface area contributed by atoms with Gasteiger partial charge in [0.05, 0.1) is 9.62 Å². The average Bonchev–Trinajstić information content (AvgIpc) is 2.97. The molecule has 0 saturated carbocycles. The van der Waals surface area contributed by atoms with E-state index in [1.807, 2.05) is 68.7 Å². The SMILES string of the molecule is CN(C)c1ccc([N-]c2n[n+](-c3ccccc3)ns2)cc1. The molecule has 0 bridgehead atoms. The summed E-state index contributed by atoms with van der Waals surface area (Å²) in [6.45, 7) is 0. The van der Waals surface area contributed by atoms with Gasteiger partial charge in [0, 0.05) is 43.4 Å². The molecular weight excluding hydrogens is 282 g/mol. The van der Waals surface area contributed by atoms with E-state index in [4.69, 9.17) is 0 Å². The molecule has 0 unspecified atom stereocenters. The maximum Gasteiger partial charge on any atom is 0.247 e. The lowest BCUT2D eigenvalue weighted by Crippen LogP contribution is -2.35. The topological polar surface area (TPSA) is 47.0 Å². The quantitative estimate of drug-likeness (QED) is 0.695. The first-order valence-electron chi connectivity index (χ1n) is 6.53. The molecule has 0 N–H and O–H groups in total. The van der Waals surface area contributed by atoms with Gasteiger partial charge in [0.2, 0.25) is 5.69 Å². The van der Waals surface area contributed by atoms with Crippen LogP contribution in [0.2, 0.25) is 0 Å². The lowest BCUT2D eigenvalue weighted by molar-refractivity contribution is -0.709. The molecule has 0 aliphatic carbocycles. The van der Waals surface area contributed by atoms with Crippen molar-refractivity contribution < 1.29 is 4.80 Å². The summed E-state index contributed by atoms with van der Waals surface area (Å²) in [6, 6.07) is 17.8. The Morgan fingerprint density at radius 2 is 1.71 bits per heavy atom. The van der Waals surface area contributed by atoms with E-state index in [1.54, 1.807) is 4.80 Å². The third kappa shape index (κ3) is 3.17. The highest BCUT2D eigenvalue weighted by Crippen LogP contribution is 2.30. The van der Waals surface area contributed by atoms with Crippen molar-refractivity contribution in [3.05, 3.63) is 59.9 Å². The number of hydrogen-bond donors (Lipinski definition) is 0. The van der Waals surface area contributed by atoms with Crippen LogP contribution in [-0.4, -0.2) is 23.7 Å². The second-order valence-electron chi connectivity index (χ2n) is 4.70. The fourth-order valence-electron chi connectivity index (χ4n) is 1.84. The Kier molecular flexibility index (Phi) is 3.79. The Balaban J connectivity index is 1.75. The molecule has 3 aromatic rings. The molecule has 1 aromatic heterocycles. The van der Waals surface area contributed by atoms with Crippen molar-refractivity contribution in [1.82, 2.24) is 9.59 Å². The number of anilines is 1. The molecule has 106 valence electrons. The first kappa shape index (κ1) is 13.5. The first-order valence-corrected chi connectivity index (χ1v) is 7.30. The fourth-order valence-corrected chi connectivity index (χ4v) is 2.38. The minimum Gasteiger partial charge on any atom is -0.421 e. The van der Waals surface area contributed by atoms with Crippen LogP contribution in [0.5, 0.6) is 0 Å². The largest absolute Gasteiger partial charge is 0.421 e. The number of aromatic nitrogens is 3. The van der Waals surface area contributed by atoms with Crippen molar-refractivity contribution in [2.45, 2.75) is 0 Å². The van der Waals surface area contributed by atoms with Crippen molar-refractivity contribution in [3.8, 4) is 5.69 Å². The van der Waals surface area contributed by atoms with Gasteiger partial charge in [0.1, 0.15) is 0 Å². The van der Waals surface area contributed by atoms with Crippen LogP contribution >= 0.6 is 11.5 Å². The Morgan fingerprint density at radius 3 is 2.38 bits per heavy atom. The molecule has 1 heterocycles. The summed E-state index contributed by atoms with van der Waals surface area (Å²) < 4.78 is 4.27. The van der Waals surface area contributed by atoms with Crippen LogP contribution in [0, 0.1) is 0 Å². The highest BCUT2D eigenvalue weighted by atomic mass is 32.1. The van der Waals surface area contributed by atoms with Gasteiger partial charge in [-0.05, 0) is 22.6 Å². The highest BCUT2D eigenvalue weighted by Gasteiger charge is 2.06. The molecule has 5 nitrogen and oxygen atoms in total. The van der Waals surface area contributed by atoms with Gasteiger partial charge >= 0.3 is 0 Å². The molecule has 0 saturated heterocycles. The summed E-state index contributed by atoms with van der Waals surface area (Å²) in [7, 11) is 4.03. The Morgan fingerprint density at radius 1 is 1.00 bits per heavy atom. The monoisotopic (exact) mass is 297 g/mol. The van der Waals surface area contributed by atoms with Gasteiger partial charge in [0.15, 0.2) is 0 Å². The van der Waals surface area contributed by atoms with Crippen molar-refractivity contribution in [1.29, 1.82) is 0 Å². The molecule has 21 heavy (non-hydrogen) atoms. The second kappa shape index (κ2) is 5.88. The Labute approximate surface area is 127 Å². The fraction of sp³-hybridized carbons (Fsp3) is 0.133. The van der Waals surface area contributed by atoms with Crippen molar-refractivity contribution in [2.75, 3.05) is 19.0 Å². The van der Waals surface area contributed by atoms with E-state index in [0.717, 1.165) is 17.1 Å². The van der Waals surface area contributed by atoms with Crippen LogP contribution in [0.15, 0.2) is 54.6 Å². The minimum atomic E-state index is 0.636. The standard InChI is InChI=1S/C15H15N5S/c1-19(2)13-10-8-12(9-11-13)16-15-17-20(18-21-15)14-6-4-3-5-7-14/h3-11H,1-2H3. The molecule has 2 aromatic carbocycles. The van der Waals surface area contributed by atoms with Gasteiger partial charge in [-0.2, -0.15) is 5.10 Å². The predicted molar refractivity (Wildman–Crippen MR) is 84.9 cm³/mol. The van der Waals surface area contributed by atoms with E-state index < -0.39 is 0 Å². The maximum absolute atomic E-state index is 4.49. The van der Waals surface area contributed by atoms with E-state index in [-0.39, 0.29) is 0 Å². The molecule has 0 radical (unpaired) electrons. The van der Waals surface area contributed by atoms with Crippen LogP contribution in [-0.2, 0) is 0 Å². The predicted octanol–water partition coefficient (Wildman–Crippen LogP) is 3.22. The van der Waals surface area contributed by atoms with E-state index >= 15 is 0 Å². The Bertz CT molecular complexity index is 706. The number of benzene rings is 2. The molecule has 6 heteroatoms. The lowest BCUT2D eigenvalue weighted by atomic mass is 10.2. The zero-order chi connectivity index (χ0) is 14.7. The normalized spacial score (nSPS) is 10.4.